The van der Waals surface area contributed by atoms with Gasteiger partial charge in [0.15, 0.2) is 0 Å². The number of hydrogen-bond acceptors (Lipinski definition) is 4. The van der Waals surface area contributed by atoms with Crippen molar-refractivity contribution in [3.8, 4) is 0 Å². The molecule has 0 aromatic carbocycles. The van der Waals surface area contributed by atoms with E-state index < -0.39 is 12.0 Å². The Balaban J connectivity index is 2.46. The summed E-state index contributed by atoms with van der Waals surface area (Å²) < 4.78 is 0. The Hall–Kier alpha value is -2.09. The highest BCUT2D eigenvalue weighted by Crippen LogP contribution is 2.33. The fourth-order valence-electron chi connectivity index (χ4n) is 3.87. The average molecular weight is 496 g/mol. The zero-order chi connectivity index (χ0) is 25.2. The minimum atomic E-state index is -1.15. The Morgan fingerprint density at radius 3 is 1.71 bits per heavy atom. The number of carbonyl (C=O) groups is 3. The van der Waals surface area contributed by atoms with E-state index in [1.54, 1.807) is 6.92 Å². The van der Waals surface area contributed by atoms with Crippen LogP contribution in [-0.4, -0.2) is 36.1 Å². The standard InChI is InChI=1S/C26H45N3O4S/c1-4-6-8-10-12-13-15-17-19-28-26(33)29-24-21(25(31)32)20(3)22(34-24)23(30)27-18-16-14-11-9-7-5-2/h4-19H2,1-3H3,(H,27,30)(H,31,32)(H2,28,29,33). The first-order valence-corrected chi connectivity index (χ1v) is 13.9. The number of hydrogen-bond donors (Lipinski definition) is 4. The monoisotopic (exact) mass is 495 g/mol. The van der Waals surface area contributed by atoms with E-state index in [0.717, 1.165) is 49.9 Å². The van der Waals surface area contributed by atoms with Gasteiger partial charge in [-0.15, -0.1) is 11.3 Å². The predicted octanol–water partition coefficient (Wildman–Crippen LogP) is 7.11. The van der Waals surface area contributed by atoms with Gasteiger partial charge in [0.05, 0.1) is 10.4 Å². The molecule has 0 aliphatic heterocycles. The van der Waals surface area contributed by atoms with E-state index in [1.807, 2.05) is 0 Å². The van der Waals surface area contributed by atoms with Crippen molar-refractivity contribution in [3.63, 3.8) is 0 Å². The lowest BCUT2D eigenvalue weighted by Gasteiger charge is -2.07. The lowest BCUT2D eigenvalue weighted by molar-refractivity contribution is 0.0697. The van der Waals surface area contributed by atoms with Crippen LogP contribution in [0.5, 0.6) is 0 Å². The van der Waals surface area contributed by atoms with Gasteiger partial charge in [-0.3, -0.25) is 10.1 Å². The van der Waals surface area contributed by atoms with Gasteiger partial charge < -0.3 is 15.7 Å². The summed E-state index contributed by atoms with van der Waals surface area (Å²) >= 11 is 1.02. The molecule has 0 spiro atoms. The Labute approximate surface area is 209 Å². The number of unbranched alkanes of at least 4 members (excludes halogenated alkanes) is 12. The molecule has 0 radical (unpaired) electrons. The van der Waals surface area contributed by atoms with Crippen molar-refractivity contribution in [1.82, 2.24) is 10.6 Å². The molecular formula is C26H45N3O4S. The summed E-state index contributed by atoms with van der Waals surface area (Å²) in [6.07, 6.45) is 16.2. The van der Waals surface area contributed by atoms with Crippen LogP contribution in [0.4, 0.5) is 9.80 Å². The molecule has 1 rings (SSSR count). The van der Waals surface area contributed by atoms with Gasteiger partial charge >= 0.3 is 12.0 Å². The van der Waals surface area contributed by atoms with Gasteiger partial charge in [0.2, 0.25) is 0 Å². The van der Waals surface area contributed by atoms with E-state index in [0.29, 0.717) is 23.5 Å². The molecule has 0 atom stereocenters. The summed E-state index contributed by atoms with van der Waals surface area (Å²) in [5.41, 5.74) is 0.369. The van der Waals surface area contributed by atoms with Crippen molar-refractivity contribution in [2.45, 2.75) is 111 Å². The number of thiophene rings is 1. The van der Waals surface area contributed by atoms with Crippen molar-refractivity contribution in [1.29, 1.82) is 0 Å². The molecule has 0 fully saturated rings. The van der Waals surface area contributed by atoms with Gasteiger partial charge in [-0.25, -0.2) is 9.59 Å². The van der Waals surface area contributed by atoms with Crippen LogP contribution in [-0.2, 0) is 0 Å². The number of urea groups is 1. The highest BCUT2D eigenvalue weighted by Gasteiger charge is 2.25. The number of carbonyl (C=O) groups excluding carboxylic acids is 2. The first-order valence-electron chi connectivity index (χ1n) is 13.1. The topological polar surface area (TPSA) is 108 Å². The number of amides is 3. The summed E-state index contributed by atoms with van der Waals surface area (Å²) in [5.74, 6) is -1.44. The van der Waals surface area contributed by atoms with Crippen LogP contribution in [0.3, 0.4) is 0 Å². The molecule has 1 aromatic rings. The molecular weight excluding hydrogens is 450 g/mol. The van der Waals surface area contributed by atoms with Crippen molar-refractivity contribution in [2.75, 3.05) is 18.4 Å². The molecule has 7 nitrogen and oxygen atoms in total. The van der Waals surface area contributed by atoms with Crippen molar-refractivity contribution >= 4 is 34.2 Å². The fourth-order valence-corrected chi connectivity index (χ4v) is 4.98. The van der Waals surface area contributed by atoms with E-state index in [4.69, 9.17) is 0 Å². The maximum absolute atomic E-state index is 12.6. The smallest absolute Gasteiger partial charge is 0.339 e. The third-order valence-corrected chi connectivity index (χ3v) is 7.13. The molecule has 1 heterocycles. The number of rotatable bonds is 19. The molecule has 8 heteroatoms. The van der Waals surface area contributed by atoms with Gasteiger partial charge in [0, 0.05) is 13.1 Å². The first-order chi connectivity index (χ1) is 16.4. The molecule has 0 aliphatic carbocycles. The molecule has 194 valence electrons. The third-order valence-electron chi connectivity index (χ3n) is 5.93. The van der Waals surface area contributed by atoms with E-state index in [-0.39, 0.29) is 16.5 Å². The van der Waals surface area contributed by atoms with Crippen LogP contribution in [0.2, 0.25) is 0 Å². The van der Waals surface area contributed by atoms with Crippen LogP contribution in [0, 0.1) is 6.92 Å². The summed E-state index contributed by atoms with van der Waals surface area (Å²) in [5, 5.41) is 18.1. The second kappa shape index (κ2) is 18.3. The molecule has 4 N–H and O–H groups in total. The molecule has 34 heavy (non-hydrogen) atoms. The number of nitrogens with one attached hydrogen (secondary N) is 3. The molecule has 3 amide bonds. The summed E-state index contributed by atoms with van der Waals surface area (Å²) in [7, 11) is 0. The second-order valence-electron chi connectivity index (χ2n) is 8.94. The Kier molecular flexibility index (Phi) is 16.1. The lowest BCUT2D eigenvalue weighted by atomic mass is 10.1. The molecule has 0 bridgehead atoms. The van der Waals surface area contributed by atoms with Gasteiger partial charge in [0.1, 0.15) is 5.00 Å². The van der Waals surface area contributed by atoms with E-state index in [1.165, 1.54) is 51.4 Å². The zero-order valence-electron chi connectivity index (χ0n) is 21.4. The summed E-state index contributed by atoms with van der Waals surface area (Å²) in [6.45, 7) is 7.11. The van der Waals surface area contributed by atoms with Crippen molar-refractivity contribution in [2.24, 2.45) is 0 Å². The second-order valence-corrected chi connectivity index (χ2v) is 9.97. The largest absolute Gasteiger partial charge is 0.478 e. The number of carboxylic acids is 1. The van der Waals surface area contributed by atoms with Crippen LogP contribution in [0.25, 0.3) is 0 Å². The zero-order valence-corrected chi connectivity index (χ0v) is 22.2. The Bertz CT molecular complexity index is 749. The highest BCUT2D eigenvalue weighted by atomic mass is 32.1. The minimum absolute atomic E-state index is 0.0167. The lowest BCUT2D eigenvalue weighted by Crippen LogP contribution is -2.29. The van der Waals surface area contributed by atoms with Crippen molar-refractivity contribution < 1.29 is 19.5 Å². The van der Waals surface area contributed by atoms with Crippen LogP contribution >= 0.6 is 11.3 Å². The first kappa shape index (κ1) is 29.9. The van der Waals surface area contributed by atoms with E-state index in [9.17, 15) is 19.5 Å². The van der Waals surface area contributed by atoms with E-state index >= 15 is 0 Å². The molecule has 0 unspecified atom stereocenters. The van der Waals surface area contributed by atoms with Crippen LogP contribution in [0.1, 0.15) is 129 Å². The predicted molar refractivity (Wildman–Crippen MR) is 141 cm³/mol. The number of anilines is 1. The van der Waals surface area contributed by atoms with E-state index in [2.05, 4.69) is 29.8 Å². The Morgan fingerprint density at radius 1 is 0.735 bits per heavy atom. The summed E-state index contributed by atoms with van der Waals surface area (Å²) in [4.78, 5) is 37.0. The molecule has 0 aliphatic rings. The SMILES string of the molecule is CCCCCCCCCCNC(=O)Nc1sc(C(=O)NCCCCCCCC)c(C)c1C(=O)O. The normalized spacial score (nSPS) is 10.8. The van der Waals surface area contributed by atoms with Crippen LogP contribution in [0.15, 0.2) is 0 Å². The third kappa shape index (κ3) is 11.9. The fraction of sp³-hybridized carbons (Fsp3) is 0.731. The molecule has 0 saturated heterocycles. The number of aromatic carboxylic acids is 1. The highest BCUT2D eigenvalue weighted by molar-refractivity contribution is 7.18. The molecule has 1 aromatic heterocycles. The maximum atomic E-state index is 12.6. The molecule has 0 saturated carbocycles. The summed E-state index contributed by atoms with van der Waals surface area (Å²) in [6, 6.07) is -0.439. The quantitative estimate of drug-likeness (QED) is 0.153. The van der Waals surface area contributed by atoms with Gasteiger partial charge in [-0.1, -0.05) is 90.9 Å². The maximum Gasteiger partial charge on any atom is 0.339 e. The average Bonchev–Trinajstić information content (AvgIpc) is 3.13. The van der Waals surface area contributed by atoms with Gasteiger partial charge in [-0.2, -0.15) is 0 Å². The van der Waals surface area contributed by atoms with Crippen LogP contribution < -0.4 is 16.0 Å². The number of carboxylic acid groups (broad SMARTS) is 1. The van der Waals surface area contributed by atoms with Gasteiger partial charge in [-0.05, 0) is 25.3 Å². The van der Waals surface area contributed by atoms with Crippen molar-refractivity contribution in [3.05, 3.63) is 16.0 Å². The Morgan fingerprint density at radius 2 is 1.21 bits per heavy atom. The van der Waals surface area contributed by atoms with Gasteiger partial charge in [0.25, 0.3) is 5.91 Å². The minimum Gasteiger partial charge on any atom is -0.478 e.